The fraction of sp³-hybridized carbons (Fsp3) is 0.273. The molecule has 0 atom stereocenters. The van der Waals surface area contributed by atoms with Gasteiger partial charge in [0.25, 0.3) is 11.8 Å². The second-order valence-electron chi connectivity index (χ2n) is 10.8. The lowest BCUT2D eigenvalue weighted by atomic mass is 10.1. The summed E-state index contributed by atoms with van der Waals surface area (Å²) in [5.41, 5.74) is 2.85. The van der Waals surface area contributed by atoms with Gasteiger partial charge in [0.2, 0.25) is 0 Å². The second-order valence-corrected chi connectivity index (χ2v) is 10.8. The van der Waals surface area contributed by atoms with Gasteiger partial charge in [0.05, 0.1) is 0 Å². The number of hydrogen-bond donors (Lipinski definition) is 2. The zero-order valence-corrected chi connectivity index (χ0v) is 24.2. The molecule has 214 valence electrons. The van der Waals surface area contributed by atoms with Gasteiger partial charge in [-0.15, -0.1) is 0 Å². The molecule has 0 fully saturated rings. The number of benzene rings is 4. The van der Waals surface area contributed by atoms with Crippen LogP contribution in [0.5, 0.6) is 0 Å². The van der Waals surface area contributed by atoms with Gasteiger partial charge in [0.15, 0.2) is 0 Å². The van der Waals surface area contributed by atoms with E-state index in [1.54, 1.807) is 9.36 Å². The number of nitrogens with zero attached hydrogens (tertiary/aromatic N) is 5. The number of aryl methyl sites for hydroxylation is 2. The zero-order valence-electron chi connectivity index (χ0n) is 24.2. The number of carbonyl (C=O) groups excluding carboxylic acids is 2. The molecular formula is C33H35N7O2. The Morgan fingerprint density at radius 1 is 0.643 bits per heavy atom. The molecule has 2 amide bonds. The van der Waals surface area contributed by atoms with Crippen LogP contribution in [0.2, 0.25) is 0 Å². The van der Waals surface area contributed by atoms with E-state index in [0.717, 1.165) is 69.3 Å². The number of hydrogen-bond acceptors (Lipinski definition) is 5. The first kappa shape index (κ1) is 27.4. The maximum Gasteiger partial charge on any atom is 0.270 e. The minimum absolute atomic E-state index is 0.115. The number of rotatable bonds is 10. The Labute approximate surface area is 244 Å². The van der Waals surface area contributed by atoms with Gasteiger partial charge in [-0.05, 0) is 55.9 Å². The van der Waals surface area contributed by atoms with Gasteiger partial charge in [0.1, 0.15) is 22.4 Å². The Kier molecular flexibility index (Phi) is 7.58. The third-order valence-electron chi connectivity index (χ3n) is 7.89. The first-order chi connectivity index (χ1) is 20.4. The maximum absolute atomic E-state index is 13.0. The van der Waals surface area contributed by atoms with Crippen LogP contribution in [0.4, 0.5) is 0 Å². The number of amides is 2. The highest BCUT2D eigenvalue weighted by molar-refractivity contribution is 6.14. The van der Waals surface area contributed by atoms with Gasteiger partial charge < -0.3 is 15.5 Å². The summed E-state index contributed by atoms with van der Waals surface area (Å²) in [7, 11) is 5.69. The van der Waals surface area contributed by atoms with E-state index < -0.39 is 0 Å². The number of carbonyl (C=O) groups is 2. The van der Waals surface area contributed by atoms with Gasteiger partial charge >= 0.3 is 0 Å². The monoisotopic (exact) mass is 561 g/mol. The van der Waals surface area contributed by atoms with Crippen molar-refractivity contribution in [2.75, 3.05) is 33.2 Å². The molecule has 0 spiro atoms. The van der Waals surface area contributed by atoms with Gasteiger partial charge in [-0.2, -0.15) is 10.2 Å². The molecule has 0 unspecified atom stereocenters. The van der Waals surface area contributed by atoms with Gasteiger partial charge in [-0.1, -0.05) is 60.7 Å². The average Bonchev–Trinajstić information content (AvgIpc) is 3.53. The Morgan fingerprint density at radius 2 is 1.07 bits per heavy atom. The van der Waals surface area contributed by atoms with E-state index in [1.807, 2.05) is 74.8 Å². The first-order valence-corrected chi connectivity index (χ1v) is 14.4. The Balaban J connectivity index is 0.961. The standard InChI is InChI=1S/C33H35N7O2/c1-38(20-8-18-34-32(41)30-26-16-14-22-10-4-6-12-24(22)28(26)36-39(30)2)21-9-19-35-33(42)31-27-17-15-23-11-5-7-13-25(23)29(27)37-40(31)3/h4-7,10-17H,8-9,18-21H2,1-3H3,(H,34,41)(H,35,42). The van der Waals surface area contributed by atoms with E-state index in [-0.39, 0.29) is 11.8 Å². The van der Waals surface area contributed by atoms with Crippen molar-refractivity contribution in [1.29, 1.82) is 0 Å². The number of nitrogens with one attached hydrogen (secondary N) is 2. The predicted molar refractivity (Wildman–Crippen MR) is 168 cm³/mol. The molecule has 0 aliphatic heterocycles. The maximum atomic E-state index is 13.0. The summed E-state index contributed by atoms with van der Waals surface area (Å²) in [5.74, 6) is -0.229. The van der Waals surface area contributed by atoms with Crippen molar-refractivity contribution in [3.8, 4) is 0 Å². The van der Waals surface area contributed by atoms with Crippen molar-refractivity contribution in [2.45, 2.75) is 12.8 Å². The quantitative estimate of drug-likeness (QED) is 0.238. The van der Waals surface area contributed by atoms with Crippen LogP contribution in [-0.2, 0) is 14.1 Å². The van der Waals surface area contributed by atoms with E-state index in [0.29, 0.717) is 24.5 Å². The molecular weight excluding hydrogens is 526 g/mol. The van der Waals surface area contributed by atoms with Crippen LogP contribution >= 0.6 is 0 Å². The minimum Gasteiger partial charge on any atom is -0.351 e. The van der Waals surface area contributed by atoms with Crippen LogP contribution in [0.25, 0.3) is 43.4 Å². The van der Waals surface area contributed by atoms with Gasteiger partial charge in [0, 0.05) is 48.7 Å². The molecule has 4 aromatic carbocycles. The summed E-state index contributed by atoms with van der Waals surface area (Å²) >= 11 is 0. The third kappa shape index (κ3) is 5.19. The van der Waals surface area contributed by atoms with Crippen molar-refractivity contribution in [2.24, 2.45) is 14.1 Å². The number of aromatic nitrogens is 4. The van der Waals surface area contributed by atoms with Crippen molar-refractivity contribution in [3.63, 3.8) is 0 Å². The molecule has 2 aromatic heterocycles. The molecule has 0 radical (unpaired) electrons. The van der Waals surface area contributed by atoms with Crippen LogP contribution < -0.4 is 10.6 Å². The van der Waals surface area contributed by atoms with E-state index in [4.69, 9.17) is 0 Å². The van der Waals surface area contributed by atoms with Crippen LogP contribution in [0, 0.1) is 0 Å². The highest BCUT2D eigenvalue weighted by Gasteiger charge is 2.19. The molecule has 2 N–H and O–H groups in total. The zero-order chi connectivity index (χ0) is 29.2. The van der Waals surface area contributed by atoms with Crippen molar-refractivity contribution in [3.05, 3.63) is 84.2 Å². The second kappa shape index (κ2) is 11.6. The van der Waals surface area contributed by atoms with E-state index >= 15 is 0 Å². The summed E-state index contributed by atoms with van der Waals surface area (Å²) in [5, 5.41) is 21.4. The fourth-order valence-corrected chi connectivity index (χ4v) is 5.78. The van der Waals surface area contributed by atoms with Gasteiger partial charge in [-0.3, -0.25) is 19.0 Å². The highest BCUT2D eigenvalue weighted by Crippen LogP contribution is 2.28. The largest absolute Gasteiger partial charge is 0.351 e. The lowest BCUT2D eigenvalue weighted by Crippen LogP contribution is -2.31. The molecule has 6 rings (SSSR count). The molecule has 0 bridgehead atoms. The van der Waals surface area contributed by atoms with E-state index in [1.165, 1.54) is 0 Å². The van der Waals surface area contributed by atoms with Crippen LogP contribution in [0.15, 0.2) is 72.8 Å². The van der Waals surface area contributed by atoms with Crippen molar-refractivity contribution < 1.29 is 9.59 Å². The predicted octanol–water partition coefficient (Wildman–Crippen LogP) is 4.64. The molecule has 0 saturated carbocycles. The summed E-state index contributed by atoms with van der Waals surface area (Å²) in [6, 6.07) is 24.2. The molecule has 6 aromatic rings. The summed E-state index contributed by atoms with van der Waals surface area (Å²) < 4.78 is 3.34. The van der Waals surface area contributed by atoms with E-state index in [2.05, 4.69) is 44.9 Å². The van der Waals surface area contributed by atoms with Gasteiger partial charge in [-0.25, -0.2) is 0 Å². The lowest BCUT2D eigenvalue weighted by molar-refractivity contribution is 0.0938. The Morgan fingerprint density at radius 3 is 1.52 bits per heavy atom. The smallest absolute Gasteiger partial charge is 0.270 e. The topological polar surface area (TPSA) is 97.1 Å². The Hall–Kier alpha value is -4.76. The Bertz CT molecular complexity index is 1800. The summed E-state index contributed by atoms with van der Waals surface area (Å²) in [6.45, 7) is 2.82. The molecule has 42 heavy (non-hydrogen) atoms. The number of fused-ring (bicyclic) bond motifs is 6. The van der Waals surface area contributed by atoms with Crippen LogP contribution in [-0.4, -0.2) is 69.5 Å². The molecule has 9 heteroatoms. The van der Waals surface area contributed by atoms with E-state index in [9.17, 15) is 9.59 Å². The average molecular weight is 562 g/mol. The van der Waals surface area contributed by atoms with Crippen molar-refractivity contribution >= 4 is 55.2 Å². The summed E-state index contributed by atoms with van der Waals surface area (Å²) in [6.07, 6.45) is 1.64. The minimum atomic E-state index is -0.115. The molecule has 0 saturated heterocycles. The third-order valence-corrected chi connectivity index (χ3v) is 7.89. The summed E-state index contributed by atoms with van der Waals surface area (Å²) in [4.78, 5) is 28.3. The van der Waals surface area contributed by atoms with Crippen LogP contribution in [0.1, 0.15) is 33.8 Å². The molecule has 0 aliphatic carbocycles. The van der Waals surface area contributed by atoms with Crippen LogP contribution in [0.3, 0.4) is 0 Å². The first-order valence-electron chi connectivity index (χ1n) is 14.4. The fourth-order valence-electron chi connectivity index (χ4n) is 5.78. The lowest BCUT2D eigenvalue weighted by Gasteiger charge is -2.17. The highest BCUT2D eigenvalue weighted by atomic mass is 16.2. The normalized spacial score (nSPS) is 11.7. The van der Waals surface area contributed by atoms with Crippen molar-refractivity contribution in [1.82, 2.24) is 35.1 Å². The molecule has 9 nitrogen and oxygen atoms in total. The molecule has 2 heterocycles. The SMILES string of the molecule is CN(CCCNC(=O)c1c2ccc3ccccc3c2nn1C)CCCNC(=O)c1c2ccc3ccccc3c2nn1C. The molecule has 0 aliphatic rings.